The van der Waals surface area contributed by atoms with Gasteiger partial charge in [0.05, 0.1) is 5.92 Å². The molecule has 0 aliphatic heterocycles. The summed E-state index contributed by atoms with van der Waals surface area (Å²) < 4.78 is 0. The minimum atomic E-state index is -0.769. The van der Waals surface area contributed by atoms with Crippen LogP contribution in [0.2, 0.25) is 0 Å². The summed E-state index contributed by atoms with van der Waals surface area (Å²) in [7, 11) is 0. The van der Waals surface area contributed by atoms with Gasteiger partial charge in [-0.05, 0) is 30.4 Å². The summed E-state index contributed by atoms with van der Waals surface area (Å²) in [4.78, 5) is 15.5. The molecule has 0 spiro atoms. The molecule has 88 valence electrons. The first-order valence-corrected chi connectivity index (χ1v) is 5.71. The number of carboxylic acids is 1. The molecule has 3 heteroatoms. The van der Waals surface area contributed by atoms with Gasteiger partial charge in [-0.2, -0.15) is 0 Å². The number of benzene rings is 1. The van der Waals surface area contributed by atoms with E-state index in [0.29, 0.717) is 6.42 Å². The van der Waals surface area contributed by atoms with E-state index in [4.69, 9.17) is 0 Å². The predicted octanol–water partition coefficient (Wildman–Crippen LogP) is 3.12. The van der Waals surface area contributed by atoms with E-state index in [2.05, 4.69) is 4.98 Å². The highest BCUT2D eigenvalue weighted by Crippen LogP contribution is 2.28. The minimum Gasteiger partial charge on any atom is -0.481 e. The van der Waals surface area contributed by atoms with Gasteiger partial charge in [-0.15, -0.1) is 0 Å². The molecule has 2 aromatic rings. The Morgan fingerprint density at radius 1 is 1.47 bits per heavy atom. The molecule has 1 aromatic heterocycles. The summed E-state index contributed by atoms with van der Waals surface area (Å²) >= 11 is 0. The van der Waals surface area contributed by atoms with Gasteiger partial charge in [0, 0.05) is 17.3 Å². The molecule has 0 amide bonds. The lowest BCUT2D eigenvalue weighted by molar-refractivity contribution is -0.138. The first-order chi connectivity index (χ1) is 8.13. The lowest BCUT2D eigenvalue weighted by atomic mass is 9.92. The van der Waals surface area contributed by atoms with Gasteiger partial charge < -0.3 is 5.11 Å². The van der Waals surface area contributed by atoms with Crippen molar-refractivity contribution < 1.29 is 9.90 Å². The van der Waals surface area contributed by atoms with Gasteiger partial charge >= 0.3 is 5.97 Å². The van der Waals surface area contributed by atoms with Crippen LogP contribution in [0.25, 0.3) is 10.8 Å². The van der Waals surface area contributed by atoms with Crippen LogP contribution < -0.4 is 0 Å². The van der Waals surface area contributed by atoms with Crippen LogP contribution in [0.5, 0.6) is 0 Å². The molecule has 2 rings (SSSR count). The topological polar surface area (TPSA) is 50.2 Å². The monoisotopic (exact) mass is 229 g/mol. The predicted molar refractivity (Wildman–Crippen MR) is 67.1 cm³/mol. The van der Waals surface area contributed by atoms with Crippen LogP contribution in [0.4, 0.5) is 0 Å². The molecule has 1 aromatic carbocycles. The Morgan fingerprint density at radius 3 is 2.88 bits per heavy atom. The minimum absolute atomic E-state index is 0.444. The van der Waals surface area contributed by atoms with Crippen molar-refractivity contribution in [2.75, 3.05) is 0 Å². The fourth-order valence-corrected chi connectivity index (χ4v) is 2.13. The second-order valence-corrected chi connectivity index (χ2v) is 4.19. The van der Waals surface area contributed by atoms with Crippen LogP contribution in [0, 0.1) is 6.92 Å². The van der Waals surface area contributed by atoms with Crippen LogP contribution in [0.3, 0.4) is 0 Å². The maximum Gasteiger partial charge on any atom is 0.310 e. The molecule has 3 nitrogen and oxygen atoms in total. The number of aliphatic carboxylic acids is 1. The van der Waals surface area contributed by atoms with E-state index in [0.717, 1.165) is 22.0 Å². The molecular formula is C14H15NO2. The number of pyridine rings is 1. The van der Waals surface area contributed by atoms with Crippen LogP contribution in [0.15, 0.2) is 30.5 Å². The molecule has 0 saturated heterocycles. The summed E-state index contributed by atoms with van der Waals surface area (Å²) in [5, 5.41) is 11.2. The SMILES string of the molecule is CCC(C(=O)O)c1cccc2cnc(C)cc12. The van der Waals surface area contributed by atoms with E-state index < -0.39 is 11.9 Å². The molecule has 1 heterocycles. The zero-order chi connectivity index (χ0) is 12.4. The molecular weight excluding hydrogens is 214 g/mol. The standard InChI is InChI=1S/C14H15NO2/c1-3-11(14(16)17)12-6-4-5-10-8-15-9(2)7-13(10)12/h4-8,11H,3H2,1-2H3,(H,16,17). The number of aromatic nitrogens is 1. The van der Waals surface area contributed by atoms with Crippen molar-refractivity contribution in [1.82, 2.24) is 4.98 Å². The second kappa shape index (κ2) is 4.53. The zero-order valence-corrected chi connectivity index (χ0v) is 9.97. The zero-order valence-electron chi connectivity index (χ0n) is 9.97. The Morgan fingerprint density at radius 2 is 2.24 bits per heavy atom. The number of hydrogen-bond donors (Lipinski definition) is 1. The highest BCUT2D eigenvalue weighted by Gasteiger charge is 2.19. The summed E-state index contributed by atoms with van der Waals surface area (Å²) in [5.74, 6) is -1.21. The number of rotatable bonds is 3. The molecule has 1 unspecified atom stereocenters. The smallest absolute Gasteiger partial charge is 0.310 e. The number of fused-ring (bicyclic) bond motifs is 1. The second-order valence-electron chi connectivity index (χ2n) is 4.19. The molecule has 17 heavy (non-hydrogen) atoms. The van der Waals surface area contributed by atoms with Crippen molar-refractivity contribution in [3.05, 3.63) is 41.7 Å². The van der Waals surface area contributed by atoms with Gasteiger partial charge in [-0.1, -0.05) is 25.1 Å². The third-order valence-corrected chi connectivity index (χ3v) is 3.02. The van der Waals surface area contributed by atoms with Crippen LogP contribution in [-0.4, -0.2) is 16.1 Å². The van der Waals surface area contributed by atoms with E-state index in [1.165, 1.54) is 0 Å². The Kier molecular flexibility index (Phi) is 3.09. The van der Waals surface area contributed by atoms with Crippen LogP contribution >= 0.6 is 0 Å². The fourth-order valence-electron chi connectivity index (χ4n) is 2.13. The van der Waals surface area contributed by atoms with Crippen molar-refractivity contribution in [3.63, 3.8) is 0 Å². The van der Waals surface area contributed by atoms with Gasteiger partial charge in [-0.3, -0.25) is 9.78 Å². The number of carboxylic acid groups (broad SMARTS) is 1. The maximum absolute atomic E-state index is 11.2. The molecule has 0 aliphatic carbocycles. The Bertz CT molecular complexity index is 563. The molecule has 0 radical (unpaired) electrons. The first-order valence-electron chi connectivity index (χ1n) is 5.71. The molecule has 1 atom stereocenters. The number of nitrogens with zero attached hydrogens (tertiary/aromatic N) is 1. The summed E-state index contributed by atoms with van der Waals surface area (Å²) in [6, 6.07) is 7.69. The quantitative estimate of drug-likeness (QED) is 0.879. The maximum atomic E-state index is 11.2. The molecule has 1 N–H and O–H groups in total. The number of carbonyl (C=O) groups is 1. The van der Waals surface area contributed by atoms with Crippen LogP contribution in [-0.2, 0) is 4.79 Å². The third-order valence-electron chi connectivity index (χ3n) is 3.02. The van der Waals surface area contributed by atoms with Crippen molar-refractivity contribution >= 4 is 16.7 Å². The largest absolute Gasteiger partial charge is 0.481 e. The highest BCUT2D eigenvalue weighted by molar-refractivity contribution is 5.90. The molecule has 0 bridgehead atoms. The van der Waals surface area contributed by atoms with Crippen molar-refractivity contribution in [2.24, 2.45) is 0 Å². The van der Waals surface area contributed by atoms with Gasteiger partial charge in [0.2, 0.25) is 0 Å². The average Bonchev–Trinajstić information content (AvgIpc) is 2.30. The summed E-state index contributed by atoms with van der Waals surface area (Å²) in [6.07, 6.45) is 2.39. The normalized spacial score (nSPS) is 12.6. The molecule has 0 aliphatic rings. The van der Waals surface area contributed by atoms with E-state index in [9.17, 15) is 9.90 Å². The fraction of sp³-hybridized carbons (Fsp3) is 0.286. The van der Waals surface area contributed by atoms with Gasteiger partial charge in [0.1, 0.15) is 0 Å². The third kappa shape index (κ3) is 2.13. The van der Waals surface area contributed by atoms with Crippen molar-refractivity contribution in [3.8, 4) is 0 Å². The number of hydrogen-bond acceptors (Lipinski definition) is 2. The average molecular weight is 229 g/mol. The van der Waals surface area contributed by atoms with E-state index in [-0.39, 0.29) is 0 Å². The van der Waals surface area contributed by atoms with Gasteiger partial charge in [0.15, 0.2) is 0 Å². The lowest BCUT2D eigenvalue weighted by Crippen LogP contribution is -2.10. The van der Waals surface area contributed by atoms with E-state index >= 15 is 0 Å². The van der Waals surface area contributed by atoms with Gasteiger partial charge in [0.25, 0.3) is 0 Å². The highest BCUT2D eigenvalue weighted by atomic mass is 16.4. The summed E-state index contributed by atoms with van der Waals surface area (Å²) in [6.45, 7) is 3.81. The Hall–Kier alpha value is -1.90. The van der Waals surface area contributed by atoms with Crippen molar-refractivity contribution in [2.45, 2.75) is 26.2 Å². The van der Waals surface area contributed by atoms with Gasteiger partial charge in [-0.25, -0.2) is 0 Å². The number of aryl methyl sites for hydroxylation is 1. The Labute approximate surface area is 100 Å². The molecule has 0 fully saturated rings. The summed E-state index contributed by atoms with van der Waals surface area (Å²) in [5.41, 5.74) is 1.79. The Balaban J connectivity index is 2.67. The first kappa shape index (κ1) is 11.6. The lowest BCUT2D eigenvalue weighted by Gasteiger charge is -2.13. The van der Waals surface area contributed by atoms with Crippen LogP contribution in [0.1, 0.15) is 30.5 Å². The van der Waals surface area contributed by atoms with Crippen molar-refractivity contribution in [1.29, 1.82) is 0 Å². The molecule has 0 saturated carbocycles. The van der Waals surface area contributed by atoms with E-state index in [1.54, 1.807) is 6.20 Å². The van der Waals surface area contributed by atoms with E-state index in [1.807, 2.05) is 38.1 Å².